The van der Waals surface area contributed by atoms with E-state index in [1.165, 1.54) is 6.42 Å². The van der Waals surface area contributed by atoms with Crippen molar-refractivity contribution in [2.24, 2.45) is 5.92 Å². The molecule has 0 bridgehead atoms. The van der Waals surface area contributed by atoms with Gasteiger partial charge in [0.2, 0.25) is 5.95 Å². The fraction of sp³-hybridized carbons (Fsp3) is 0.750. The van der Waals surface area contributed by atoms with E-state index < -0.39 is 0 Å². The van der Waals surface area contributed by atoms with E-state index >= 15 is 0 Å². The molecular formula is C16H29N5O. The Bertz CT molecular complexity index is 480. The monoisotopic (exact) mass is 307 g/mol. The van der Waals surface area contributed by atoms with Gasteiger partial charge in [-0.1, -0.05) is 6.92 Å². The number of nitrogens with one attached hydrogen (secondary N) is 1. The van der Waals surface area contributed by atoms with Gasteiger partial charge in [0.15, 0.2) is 0 Å². The number of nitrogens with two attached hydrogens (primary N) is 1. The number of aliphatic hydroxyl groups is 1. The van der Waals surface area contributed by atoms with E-state index in [9.17, 15) is 5.11 Å². The second-order valence-electron chi connectivity index (χ2n) is 6.12. The Hall–Kier alpha value is -1.40. The molecule has 1 aromatic heterocycles. The molecule has 0 radical (unpaired) electrons. The van der Waals surface area contributed by atoms with Crippen LogP contribution >= 0.6 is 0 Å². The minimum absolute atomic E-state index is 0.314. The fourth-order valence-electron chi connectivity index (χ4n) is 3.20. The highest BCUT2D eigenvalue weighted by atomic mass is 16.3. The van der Waals surface area contributed by atoms with E-state index in [-0.39, 0.29) is 0 Å². The topological polar surface area (TPSA) is 87.3 Å². The highest BCUT2D eigenvalue weighted by Gasteiger charge is 2.18. The van der Waals surface area contributed by atoms with Crippen molar-refractivity contribution in [1.82, 2.24) is 14.9 Å². The van der Waals surface area contributed by atoms with Crippen LogP contribution in [0.1, 0.15) is 37.4 Å². The Morgan fingerprint density at radius 2 is 2.23 bits per heavy atom. The fourth-order valence-corrected chi connectivity index (χ4v) is 3.20. The summed E-state index contributed by atoms with van der Waals surface area (Å²) < 4.78 is 0. The van der Waals surface area contributed by atoms with Crippen LogP contribution in [0.2, 0.25) is 0 Å². The Kier molecular flexibility index (Phi) is 6.39. The van der Waals surface area contributed by atoms with Crippen LogP contribution in [0.15, 0.2) is 0 Å². The third-order valence-corrected chi connectivity index (χ3v) is 4.39. The lowest BCUT2D eigenvalue weighted by Crippen LogP contribution is -2.37. The lowest BCUT2D eigenvalue weighted by atomic mass is 9.99. The van der Waals surface area contributed by atoms with Gasteiger partial charge in [0, 0.05) is 31.0 Å². The summed E-state index contributed by atoms with van der Waals surface area (Å²) in [5, 5.41) is 12.7. The summed E-state index contributed by atoms with van der Waals surface area (Å²) in [6.07, 6.45) is 4.31. The van der Waals surface area contributed by atoms with Gasteiger partial charge in [-0.15, -0.1) is 0 Å². The van der Waals surface area contributed by atoms with Gasteiger partial charge >= 0.3 is 0 Å². The minimum atomic E-state index is 0.314. The molecule has 1 unspecified atom stereocenters. The van der Waals surface area contributed by atoms with Gasteiger partial charge in [0.1, 0.15) is 5.82 Å². The van der Waals surface area contributed by atoms with Crippen LogP contribution in [-0.2, 0) is 6.42 Å². The molecule has 0 amide bonds. The largest absolute Gasteiger partial charge is 0.396 e. The highest BCUT2D eigenvalue weighted by Crippen LogP contribution is 2.18. The number of aromatic nitrogens is 2. The Labute approximate surface area is 133 Å². The van der Waals surface area contributed by atoms with Gasteiger partial charge in [-0.05, 0) is 51.6 Å². The molecule has 0 aliphatic carbocycles. The van der Waals surface area contributed by atoms with Crippen LogP contribution in [0.5, 0.6) is 0 Å². The molecule has 0 aromatic carbocycles. The molecule has 1 aliphatic rings. The number of nitrogen functional groups attached to an aromatic ring is 1. The van der Waals surface area contributed by atoms with Crippen molar-refractivity contribution in [2.45, 2.75) is 39.5 Å². The number of anilines is 2. The smallest absolute Gasteiger partial charge is 0.222 e. The summed E-state index contributed by atoms with van der Waals surface area (Å²) in [6, 6.07) is 0. The third-order valence-electron chi connectivity index (χ3n) is 4.39. The number of aryl methyl sites for hydroxylation is 1. The first kappa shape index (κ1) is 17.0. The number of nitrogens with zero attached hydrogens (tertiary/aromatic N) is 3. The van der Waals surface area contributed by atoms with Crippen LogP contribution in [0.4, 0.5) is 11.8 Å². The molecule has 1 fully saturated rings. The van der Waals surface area contributed by atoms with Crippen molar-refractivity contribution in [3.63, 3.8) is 0 Å². The molecule has 22 heavy (non-hydrogen) atoms. The second kappa shape index (κ2) is 8.29. The van der Waals surface area contributed by atoms with Crippen molar-refractivity contribution >= 4 is 11.8 Å². The van der Waals surface area contributed by atoms with Crippen molar-refractivity contribution in [1.29, 1.82) is 0 Å². The zero-order chi connectivity index (χ0) is 15.9. The normalized spacial score (nSPS) is 19.3. The summed E-state index contributed by atoms with van der Waals surface area (Å²) in [7, 11) is 0. The quantitative estimate of drug-likeness (QED) is 0.661. The zero-order valence-corrected chi connectivity index (χ0v) is 13.8. The molecule has 6 heteroatoms. The van der Waals surface area contributed by atoms with E-state index in [0.717, 1.165) is 62.5 Å². The number of hydrogen-bond acceptors (Lipinski definition) is 6. The first-order chi connectivity index (χ1) is 10.6. The van der Waals surface area contributed by atoms with E-state index in [0.29, 0.717) is 18.5 Å². The number of piperidine rings is 1. The SMILES string of the molecule is CCc1c(C)nc(N)nc1NCCCN1CCCC(CO)C1. The van der Waals surface area contributed by atoms with Crippen molar-refractivity contribution in [3.05, 3.63) is 11.3 Å². The lowest BCUT2D eigenvalue weighted by Gasteiger charge is -2.31. The lowest BCUT2D eigenvalue weighted by molar-refractivity contribution is 0.120. The van der Waals surface area contributed by atoms with E-state index in [2.05, 4.69) is 27.1 Å². The van der Waals surface area contributed by atoms with Gasteiger partial charge in [-0.3, -0.25) is 0 Å². The van der Waals surface area contributed by atoms with Gasteiger partial charge < -0.3 is 21.1 Å². The molecule has 124 valence electrons. The van der Waals surface area contributed by atoms with Gasteiger partial charge in [-0.2, -0.15) is 4.98 Å². The average Bonchev–Trinajstić information content (AvgIpc) is 2.51. The Balaban J connectivity index is 1.79. The van der Waals surface area contributed by atoms with E-state index in [4.69, 9.17) is 5.73 Å². The number of rotatable bonds is 7. The molecule has 1 aromatic rings. The molecule has 6 nitrogen and oxygen atoms in total. The molecule has 0 saturated carbocycles. The molecule has 1 atom stereocenters. The summed E-state index contributed by atoms with van der Waals surface area (Å²) in [6.45, 7) is 8.51. The van der Waals surface area contributed by atoms with Crippen LogP contribution in [0.3, 0.4) is 0 Å². The third kappa shape index (κ3) is 4.55. The molecular weight excluding hydrogens is 278 g/mol. The van der Waals surface area contributed by atoms with Crippen LogP contribution < -0.4 is 11.1 Å². The molecule has 4 N–H and O–H groups in total. The summed E-state index contributed by atoms with van der Waals surface area (Å²) in [5.74, 6) is 1.66. The second-order valence-corrected chi connectivity index (χ2v) is 6.12. The van der Waals surface area contributed by atoms with Crippen molar-refractivity contribution < 1.29 is 5.11 Å². The maximum absolute atomic E-state index is 9.27. The molecule has 2 rings (SSSR count). The highest BCUT2D eigenvalue weighted by molar-refractivity contribution is 5.49. The predicted molar refractivity (Wildman–Crippen MR) is 89.9 cm³/mol. The zero-order valence-electron chi connectivity index (χ0n) is 13.8. The molecule has 1 aliphatic heterocycles. The predicted octanol–water partition coefficient (Wildman–Crippen LogP) is 1.44. The van der Waals surface area contributed by atoms with Gasteiger partial charge in [-0.25, -0.2) is 4.98 Å². The van der Waals surface area contributed by atoms with Crippen LogP contribution in [0.25, 0.3) is 0 Å². The molecule has 0 spiro atoms. The molecule has 1 saturated heterocycles. The Morgan fingerprint density at radius 3 is 2.95 bits per heavy atom. The standard InChI is InChI=1S/C16H29N5O/c1-3-14-12(2)19-16(17)20-15(14)18-7-5-9-21-8-4-6-13(10-21)11-22/h13,22H,3-11H2,1-2H3,(H3,17,18,19,20). The van der Waals surface area contributed by atoms with Gasteiger partial charge in [0.25, 0.3) is 0 Å². The van der Waals surface area contributed by atoms with Gasteiger partial charge in [0.05, 0.1) is 0 Å². The Morgan fingerprint density at radius 1 is 1.41 bits per heavy atom. The molecule has 2 heterocycles. The number of likely N-dealkylation sites (tertiary alicyclic amines) is 1. The average molecular weight is 307 g/mol. The maximum Gasteiger partial charge on any atom is 0.222 e. The van der Waals surface area contributed by atoms with Crippen molar-refractivity contribution in [2.75, 3.05) is 43.8 Å². The number of aliphatic hydroxyl groups excluding tert-OH is 1. The summed E-state index contributed by atoms with van der Waals surface area (Å²) in [5.41, 5.74) is 7.84. The van der Waals surface area contributed by atoms with E-state index in [1.54, 1.807) is 0 Å². The van der Waals surface area contributed by atoms with E-state index in [1.807, 2.05) is 6.92 Å². The van der Waals surface area contributed by atoms with Crippen molar-refractivity contribution in [3.8, 4) is 0 Å². The summed E-state index contributed by atoms with van der Waals surface area (Å²) in [4.78, 5) is 11.0. The maximum atomic E-state index is 9.27. The minimum Gasteiger partial charge on any atom is -0.396 e. The number of hydrogen-bond donors (Lipinski definition) is 3. The van der Waals surface area contributed by atoms with Crippen LogP contribution in [0, 0.1) is 12.8 Å². The first-order valence-corrected chi connectivity index (χ1v) is 8.34. The van der Waals surface area contributed by atoms with Crippen LogP contribution in [-0.4, -0.2) is 52.8 Å². The first-order valence-electron chi connectivity index (χ1n) is 8.34. The summed E-state index contributed by atoms with van der Waals surface area (Å²) >= 11 is 0.